The number of aromatic nitrogens is 4. The van der Waals surface area contributed by atoms with Gasteiger partial charge in [0.25, 0.3) is 0 Å². The molecule has 0 spiro atoms. The van der Waals surface area contributed by atoms with Crippen LogP contribution in [0.3, 0.4) is 0 Å². The van der Waals surface area contributed by atoms with Crippen LogP contribution in [-0.4, -0.2) is 70.4 Å². The van der Waals surface area contributed by atoms with E-state index in [2.05, 4.69) is 33.1 Å². The van der Waals surface area contributed by atoms with Gasteiger partial charge in [-0.2, -0.15) is 10.4 Å². The summed E-state index contributed by atoms with van der Waals surface area (Å²) >= 11 is 0. The third-order valence-electron chi connectivity index (χ3n) is 8.11. The van der Waals surface area contributed by atoms with Crippen LogP contribution in [-0.2, 0) is 22.4 Å². The lowest BCUT2D eigenvalue weighted by atomic mass is 9.88. The Kier molecular flexibility index (Phi) is 4.80. The highest BCUT2D eigenvalue weighted by Gasteiger charge is 2.53. The minimum absolute atomic E-state index is 0.0534. The zero-order valence-electron chi connectivity index (χ0n) is 19.8. The molecule has 2 aliphatic carbocycles. The van der Waals surface area contributed by atoms with Gasteiger partial charge in [0.15, 0.2) is 5.82 Å². The van der Waals surface area contributed by atoms with E-state index in [9.17, 15) is 10.1 Å². The fourth-order valence-electron chi connectivity index (χ4n) is 5.70. The number of H-pyrrole nitrogens is 2. The van der Waals surface area contributed by atoms with Crippen molar-refractivity contribution in [2.24, 2.45) is 11.3 Å². The first-order valence-corrected chi connectivity index (χ1v) is 12.0. The van der Waals surface area contributed by atoms with Crippen molar-refractivity contribution in [3.63, 3.8) is 0 Å². The Morgan fingerprint density at radius 2 is 2.18 bits per heavy atom. The molecule has 3 heterocycles. The smallest absolute Gasteiger partial charge is 0.243 e. The van der Waals surface area contributed by atoms with E-state index in [4.69, 9.17) is 9.72 Å². The number of nitrogens with zero attached hydrogens (tertiary/aromatic N) is 5. The first-order chi connectivity index (χ1) is 16.4. The number of rotatable bonds is 4. The third-order valence-corrected chi connectivity index (χ3v) is 8.11. The molecule has 3 atom stereocenters. The molecule has 0 unspecified atom stereocenters. The minimum Gasteiger partial charge on any atom is -0.379 e. The molecular weight excluding hydrogens is 430 g/mol. The second-order valence-electron chi connectivity index (χ2n) is 10.3. The molecule has 9 heteroatoms. The quantitative estimate of drug-likeness (QED) is 0.620. The Labute approximate surface area is 198 Å². The predicted octanol–water partition coefficient (Wildman–Crippen LogP) is 2.63. The summed E-state index contributed by atoms with van der Waals surface area (Å²) in [5, 5.41) is 17.7. The van der Waals surface area contributed by atoms with E-state index in [0.717, 1.165) is 43.1 Å². The molecule has 176 valence electrons. The molecule has 1 aromatic carbocycles. The van der Waals surface area contributed by atoms with Gasteiger partial charge in [-0.15, -0.1) is 0 Å². The van der Waals surface area contributed by atoms with Gasteiger partial charge in [-0.05, 0) is 49.7 Å². The number of nitriles is 1. The number of carbonyl (C=O) groups excluding carboxylic acids is 1. The van der Waals surface area contributed by atoms with Crippen molar-refractivity contribution >= 4 is 22.6 Å². The predicted molar refractivity (Wildman–Crippen MR) is 127 cm³/mol. The van der Waals surface area contributed by atoms with Crippen molar-refractivity contribution in [3.05, 3.63) is 29.0 Å². The molecule has 2 fully saturated rings. The van der Waals surface area contributed by atoms with Crippen molar-refractivity contribution in [2.45, 2.75) is 39.2 Å². The second kappa shape index (κ2) is 7.65. The lowest BCUT2D eigenvalue weighted by Crippen LogP contribution is -2.50. The van der Waals surface area contributed by atoms with Gasteiger partial charge < -0.3 is 14.6 Å². The van der Waals surface area contributed by atoms with E-state index in [1.54, 1.807) is 18.0 Å². The van der Waals surface area contributed by atoms with Crippen LogP contribution in [0.25, 0.3) is 22.6 Å². The molecule has 1 amide bonds. The topological polar surface area (TPSA) is 114 Å². The summed E-state index contributed by atoms with van der Waals surface area (Å²) in [5.41, 5.74) is 6.25. The molecule has 1 saturated carbocycles. The Morgan fingerprint density at radius 1 is 1.38 bits per heavy atom. The average Bonchev–Trinajstić information content (AvgIpc) is 3.15. The van der Waals surface area contributed by atoms with Gasteiger partial charge in [-0.25, -0.2) is 4.98 Å². The number of imidazole rings is 1. The number of carbonyl (C=O) groups is 1. The molecule has 1 saturated heterocycles. The zero-order chi connectivity index (χ0) is 23.6. The SMILES string of the molecule is C[C@@H](C(=O)N(C)c1cc2nc(-c3n[nH]c4c3C[C@@H]3C[C@]3(C)C4)[nH]c2cc1C#N)N1CCOCC1. The Balaban J connectivity index is 1.32. The number of likely N-dealkylation sites (N-methyl/N-ethyl adjacent to an activating group) is 1. The lowest BCUT2D eigenvalue weighted by molar-refractivity contribution is -0.124. The van der Waals surface area contributed by atoms with Gasteiger partial charge in [-0.1, -0.05) is 6.92 Å². The van der Waals surface area contributed by atoms with E-state index >= 15 is 0 Å². The number of nitrogens with one attached hydrogen (secondary N) is 2. The van der Waals surface area contributed by atoms with Crippen LogP contribution in [0.5, 0.6) is 0 Å². The molecule has 3 aliphatic rings. The molecule has 0 bridgehead atoms. The molecule has 0 radical (unpaired) electrons. The molecule has 34 heavy (non-hydrogen) atoms. The van der Waals surface area contributed by atoms with Crippen LogP contribution in [0.15, 0.2) is 12.1 Å². The molecule has 3 aromatic rings. The van der Waals surface area contributed by atoms with Crippen LogP contribution in [0.2, 0.25) is 0 Å². The number of benzene rings is 1. The largest absolute Gasteiger partial charge is 0.379 e. The fourth-order valence-corrected chi connectivity index (χ4v) is 5.70. The third kappa shape index (κ3) is 3.32. The Bertz CT molecular complexity index is 1330. The summed E-state index contributed by atoms with van der Waals surface area (Å²) < 4.78 is 5.41. The maximum absolute atomic E-state index is 13.3. The molecule has 1 aliphatic heterocycles. The zero-order valence-corrected chi connectivity index (χ0v) is 19.8. The highest BCUT2D eigenvalue weighted by atomic mass is 16.5. The summed E-state index contributed by atoms with van der Waals surface area (Å²) in [5.74, 6) is 1.38. The molecular formula is C25H29N7O2. The summed E-state index contributed by atoms with van der Waals surface area (Å²) in [6.07, 6.45) is 3.34. The highest BCUT2D eigenvalue weighted by Crippen LogP contribution is 2.59. The van der Waals surface area contributed by atoms with Gasteiger partial charge in [0.2, 0.25) is 5.91 Å². The molecule has 2 N–H and O–H groups in total. The number of anilines is 1. The van der Waals surface area contributed by atoms with Gasteiger partial charge in [0, 0.05) is 31.4 Å². The number of ether oxygens (including phenoxy) is 1. The van der Waals surface area contributed by atoms with Crippen LogP contribution in [0.4, 0.5) is 5.69 Å². The molecule has 9 nitrogen and oxygen atoms in total. The van der Waals surface area contributed by atoms with E-state index in [-0.39, 0.29) is 11.9 Å². The Morgan fingerprint density at radius 3 is 2.94 bits per heavy atom. The van der Waals surface area contributed by atoms with E-state index in [1.165, 1.54) is 17.7 Å². The van der Waals surface area contributed by atoms with E-state index < -0.39 is 0 Å². The van der Waals surface area contributed by atoms with Crippen molar-refractivity contribution in [1.82, 2.24) is 25.1 Å². The monoisotopic (exact) mass is 459 g/mol. The number of hydrogen-bond acceptors (Lipinski definition) is 6. The average molecular weight is 460 g/mol. The minimum atomic E-state index is -0.297. The van der Waals surface area contributed by atoms with E-state index in [0.29, 0.717) is 41.2 Å². The first-order valence-electron chi connectivity index (χ1n) is 12.0. The van der Waals surface area contributed by atoms with Crippen molar-refractivity contribution in [1.29, 1.82) is 5.26 Å². The lowest BCUT2D eigenvalue weighted by Gasteiger charge is -2.33. The maximum Gasteiger partial charge on any atom is 0.243 e. The Hall–Kier alpha value is -3.22. The molecule has 6 rings (SSSR count). The van der Waals surface area contributed by atoms with E-state index in [1.807, 2.05) is 13.0 Å². The van der Waals surface area contributed by atoms with Gasteiger partial charge in [0.05, 0.1) is 41.5 Å². The second-order valence-corrected chi connectivity index (χ2v) is 10.3. The number of amides is 1. The van der Waals surface area contributed by atoms with Crippen LogP contribution in [0.1, 0.15) is 37.1 Å². The first kappa shape index (κ1) is 21.3. The van der Waals surface area contributed by atoms with Gasteiger partial charge in [0.1, 0.15) is 11.8 Å². The summed E-state index contributed by atoms with van der Waals surface area (Å²) in [4.78, 5) is 25.1. The number of fused-ring (bicyclic) bond motifs is 3. The maximum atomic E-state index is 13.3. The summed E-state index contributed by atoms with van der Waals surface area (Å²) in [6, 6.07) is 5.57. The van der Waals surface area contributed by atoms with Crippen LogP contribution < -0.4 is 4.90 Å². The molecule has 2 aromatic heterocycles. The summed E-state index contributed by atoms with van der Waals surface area (Å²) in [6.45, 7) is 6.97. The van der Waals surface area contributed by atoms with Crippen molar-refractivity contribution in [3.8, 4) is 17.6 Å². The number of hydrogen-bond donors (Lipinski definition) is 2. The van der Waals surface area contributed by atoms with Gasteiger partial charge in [-0.3, -0.25) is 14.8 Å². The number of morpholine rings is 1. The number of aromatic amines is 2. The van der Waals surface area contributed by atoms with Crippen LogP contribution in [0, 0.1) is 22.7 Å². The van der Waals surface area contributed by atoms with Crippen LogP contribution >= 0.6 is 0 Å². The fraction of sp³-hybridized carbons (Fsp3) is 0.520. The van der Waals surface area contributed by atoms with Crippen molar-refractivity contribution in [2.75, 3.05) is 38.3 Å². The van der Waals surface area contributed by atoms with Gasteiger partial charge >= 0.3 is 0 Å². The normalized spacial score (nSPS) is 24.8. The summed E-state index contributed by atoms with van der Waals surface area (Å²) in [7, 11) is 1.73. The van der Waals surface area contributed by atoms with Crippen molar-refractivity contribution < 1.29 is 9.53 Å². The standard InChI is InChI=1S/C25H29N7O2/c1-14(32-4-6-34-7-5-32)24(33)31(3)21-10-19-18(8-15(21)13-26)27-23(28-19)22-17-9-16-11-25(16,2)12-20(17)29-30-22/h8,10,14,16H,4-7,9,11-12H2,1-3H3,(H,27,28)(H,29,30)/t14-,16+,25+/m0/s1. The highest BCUT2D eigenvalue weighted by molar-refractivity contribution is 5.99.